The van der Waals surface area contributed by atoms with Gasteiger partial charge in [-0.25, -0.2) is 17.9 Å². The molecule has 0 aliphatic carbocycles. The van der Waals surface area contributed by atoms with Crippen molar-refractivity contribution in [3.8, 4) is 17.2 Å². The number of benzene rings is 3. The predicted molar refractivity (Wildman–Crippen MR) is 119 cm³/mol. The summed E-state index contributed by atoms with van der Waals surface area (Å²) in [4.78, 5) is 15.6. The van der Waals surface area contributed by atoms with Crippen LogP contribution < -0.4 is 23.4 Å². The highest BCUT2D eigenvalue weighted by Gasteiger charge is 2.34. The molecule has 0 saturated carbocycles. The molecule has 0 N–H and O–H groups in total. The number of para-hydroxylation sites is 1. The second-order valence-corrected chi connectivity index (χ2v) is 7.82. The molecular weight excluding hydrogens is 438 g/mol. The van der Waals surface area contributed by atoms with E-state index in [-0.39, 0.29) is 17.9 Å². The smallest absolute Gasteiger partial charge is 0.339 e. The van der Waals surface area contributed by atoms with E-state index in [4.69, 9.17) is 14.2 Å². The number of carbonyl (C=O) groups is 1. The van der Waals surface area contributed by atoms with Crippen molar-refractivity contribution < 1.29 is 27.8 Å². The van der Waals surface area contributed by atoms with Crippen molar-refractivity contribution in [2.75, 3.05) is 30.5 Å². The molecule has 2 amide bonds. The van der Waals surface area contributed by atoms with E-state index in [2.05, 4.69) is 0 Å². The van der Waals surface area contributed by atoms with Crippen LogP contribution in [0.1, 0.15) is 5.56 Å². The topological polar surface area (TPSA) is 51.2 Å². The number of carbonyl (C=O) groups excluding carboxylic acids is 1. The molecule has 0 unspecified atom stereocenters. The second-order valence-electron chi connectivity index (χ2n) is 6.83. The number of fused-ring (bicyclic) bond motifs is 1. The Morgan fingerprint density at radius 3 is 2.22 bits per heavy atom. The zero-order valence-corrected chi connectivity index (χ0v) is 18.4. The van der Waals surface area contributed by atoms with Gasteiger partial charge in [0.1, 0.15) is 17.4 Å². The van der Waals surface area contributed by atoms with Crippen LogP contribution in [0.25, 0.3) is 0 Å². The summed E-state index contributed by atoms with van der Waals surface area (Å²) in [5.74, 6) is -0.538. The molecule has 1 aliphatic rings. The Labute approximate surface area is 188 Å². The van der Waals surface area contributed by atoms with Crippen molar-refractivity contribution in [1.29, 1.82) is 0 Å². The number of methoxy groups -OCH3 is 3. The molecule has 0 atom stereocenters. The van der Waals surface area contributed by atoms with Crippen LogP contribution in [-0.4, -0.2) is 27.4 Å². The third-order valence-electron chi connectivity index (χ3n) is 5.02. The van der Waals surface area contributed by atoms with Crippen molar-refractivity contribution in [2.45, 2.75) is 11.4 Å². The quantitative estimate of drug-likeness (QED) is 0.447. The molecule has 4 rings (SSSR count). The van der Waals surface area contributed by atoms with Crippen LogP contribution >= 0.6 is 11.9 Å². The lowest BCUT2D eigenvalue weighted by Crippen LogP contribution is -2.43. The first-order valence-corrected chi connectivity index (χ1v) is 10.4. The lowest BCUT2D eigenvalue weighted by atomic mass is 10.1. The molecule has 1 heterocycles. The number of ether oxygens (including phenoxy) is 3. The fourth-order valence-corrected chi connectivity index (χ4v) is 4.38. The molecular formula is C23H20F2N2O4S. The summed E-state index contributed by atoms with van der Waals surface area (Å²) in [5.41, 5.74) is 0.870. The van der Waals surface area contributed by atoms with Crippen LogP contribution in [0.2, 0.25) is 0 Å². The number of nitrogens with zero attached hydrogens (tertiary/aromatic N) is 2. The van der Waals surface area contributed by atoms with Gasteiger partial charge in [0.2, 0.25) is 0 Å². The minimum atomic E-state index is -0.789. The fourth-order valence-electron chi connectivity index (χ4n) is 3.38. The third kappa shape index (κ3) is 3.91. The molecule has 1 aliphatic heterocycles. The molecule has 166 valence electrons. The molecule has 32 heavy (non-hydrogen) atoms. The Bertz CT molecular complexity index is 1150. The number of rotatable bonds is 6. The maximum Gasteiger partial charge on any atom is 0.339 e. The molecule has 3 aromatic rings. The van der Waals surface area contributed by atoms with Crippen LogP contribution in [0.15, 0.2) is 59.5 Å². The van der Waals surface area contributed by atoms with E-state index >= 15 is 0 Å². The van der Waals surface area contributed by atoms with E-state index in [1.165, 1.54) is 42.5 Å². The zero-order chi connectivity index (χ0) is 22.8. The van der Waals surface area contributed by atoms with Gasteiger partial charge in [0.15, 0.2) is 11.5 Å². The van der Waals surface area contributed by atoms with Gasteiger partial charge in [-0.15, -0.1) is 0 Å². The van der Waals surface area contributed by atoms with Gasteiger partial charge in [-0.2, -0.15) is 0 Å². The van der Waals surface area contributed by atoms with Gasteiger partial charge in [0, 0.05) is 23.8 Å². The fraction of sp³-hybridized carbons (Fsp3) is 0.174. The standard InChI is InChI=1S/C23H20F2N2O4S/c1-29-15-11-17(24)16(18(25)12-15)13-26-19-6-4-5-7-22(19)32-27(23(26)28)14-8-9-20(30-2)21(10-14)31-3/h4-12H,13H2,1-3H3. The van der Waals surface area contributed by atoms with E-state index in [0.717, 1.165) is 17.0 Å². The van der Waals surface area contributed by atoms with Crippen LogP contribution in [0.5, 0.6) is 17.2 Å². The van der Waals surface area contributed by atoms with Crippen molar-refractivity contribution in [1.82, 2.24) is 0 Å². The first kappa shape index (κ1) is 21.8. The van der Waals surface area contributed by atoms with Crippen molar-refractivity contribution in [3.63, 3.8) is 0 Å². The maximum atomic E-state index is 14.7. The number of hydrogen-bond acceptors (Lipinski definition) is 5. The normalized spacial score (nSPS) is 13.1. The molecule has 0 radical (unpaired) electrons. The SMILES string of the molecule is COc1cc(F)c(CN2C(=O)N(c3ccc(OC)c(OC)c3)Sc3ccccc32)c(F)c1. The minimum Gasteiger partial charge on any atom is -0.497 e. The summed E-state index contributed by atoms with van der Waals surface area (Å²) in [6.07, 6.45) is 0. The monoisotopic (exact) mass is 458 g/mol. The van der Waals surface area contributed by atoms with Gasteiger partial charge in [0.05, 0.1) is 44.1 Å². The number of urea groups is 1. The first-order chi connectivity index (χ1) is 15.5. The second kappa shape index (κ2) is 8.96. The molecule has 0 spiro atoms. The van der Waals surface area contributed by atoms with E-state index in [9.17, 15) is 13.6 Å². The van der Waals surface area contributed by atoms with E-state index in [0.29, 0.717) is 22.9 Å². The van der Waals surface area contributed by atoms with Crippen LogP contribution in [0.3, 0.4) is 0 Å². The lowest BCUT2D eigenvalue weighted by Gasteiger charge is -2.36. The molecule has 9 heteroatoms. The Morgan fingerprint density at radius 1 is 0.875 bits per heavy atom. The number of hydrogen-bond donors (Lipinski definition) is 0. The van der Waals surface area contributed by atoms with E-state index in [1.54, 1.807) is 30.3 Å². The van der Waals surface area contributed by atoms with Crippen molar-refractivity contribution in [2.24, 2.45) is 0 Å². The number of halogens is 2. The van der Waals surface area contributed by atoms with Crippen LogP contribution in [0.4, 0.5) is 25.0 Å². The molecule has 0 aromatic heterocycles. The van der Waals surface area contributed by atoms with Gasteiger partial charge in [-0.3, -0.25) is 4.90 Å². The summed E-state index contributed by atoms with van der Waals surface area (Å²) in [7, 11) is 4.36. The van der Waals surface area contributed by atoms with Gasteiger partial charge in [0.25, 0.3) is 0 Å². The highest BCUT2D eigenvalue weighted by atomic mass is 32.2. The zero-order valence-electron chi connectivity index (χ0n) is 17.6. The van der Waals surface area contributed by atoms with Gasteiger partial charge in [-0.05, 0) is 36.2 Å². The molecule has 3 aromatic carbocycles. The summed E-state index contributed by atoms with van der Waals surface area (Å²) in [5, 5.41) is 0. The largest absolute Gasteiger partial charge is 0.497 e. The molecule has 6 nitrogen and oxygen atoms in total. The average molecular weight is 458 g/mol. The Hall–Kier alpha value is -3.46. The first-order valence-electron chi connectivity index (χ1n) is 9.59. The lowest BCUT2D eigenvalue weighted by molar-refractivity contribution is 0.254. The van der Waals surface area contributed by atoms with Gasteiger partial charge < -0.3 is 14.2 Å². The number of anilines is 2. The van der Waals surface area contributed by atoms with E-state index in [1.807, 2.05) is 12.1 Å². The summed E-state index contributed by atoms with van der Waals surface area (Å²) in [6.45, 7) is -0.290. The Balaban J connectivity index is 1.76. The Morgan fingerprint density at radius 2 is 1.56 bits per heavy atom. The number of amides is 2. The maximum absolute atomic E-state index is 14.7. The minimum absolute atomic E-state index is 0.0663. The van der Waals surface area contributed by atoms with Gasteiger partial charge in [-0.1, -0.05) is 12.1 Å². The average Bonchev–Trinajstić information content (AvgIpc) is 2.81. The predicted octanol–water partition coefficient (Wildman–Crippen LogP) is 5.64. The Kier molecular flexibility index (Phi) is 6.09. The molecule has 0 fully saturated rings. The summed E-state index contributed by atoms with van der Waals surface area (Å²) >= 11 is 1.22. The van der Waals surface area contributed by atoms with Gasteiger partial charge >= 0.3 is 6.03 Å². The highest BCUT2D eigenvalue weighted by Crippen LogP contribution is 2.44. The summed E-state index contributed by atoms with van der Waals surface area (Å²) in [6, 6.07) is 14.0. The third-order valence-corrected chi connectivity index (χ3v) is 6.11. The highest BCUT2D eigenvalue weighted by molar-refractivity contribution is 8.01. The van der Waals surface area contributed by atoms with Crippen molar-refractivity contribution >= 4 is 29.4 Å². The van der Waals surface area contributed by atoms with E-state index < -0.39 is 17.7 Å². The summed E-state index contributed by atoms with van der Waals surface area (Å²) < 4.78 is 46.3. The molecule has 0 bridgehead atoms. The van der Waals surface area contributed by atoms with Crippen molar-refractivity contribution in [3.05, 3.63) is 71.8 Å². The molecule has 0 saturated heterocycles. The van der Waals surface area contributed by atoms with Crippen LogP contribution in [0, 0.1) is 11.6 Å². The van der Waals surface area contributed by atoms with Crippen LogP contribution in [-0.2, 0) is 6.54 Å².